The van der Waals surface area contributed by atoms with Crippen molar-refractivity contribution < 1.29 is 19.4 Å². The average Bonchev–Trinajstić information content (AvgIpc) is 2.95. The van der Waals surface area contributed by atoms with Crippen LogP contribution in [-0.2, 0) is 20.9 Å². The van der Waals surface area contributed by atoms with Crippen molar-refractivity contribution in [2.75, 3.05) is 0 Å². The minimum atomic E-state index is -0.291. The molecular weight excluding hydrogens is 508 g/mol. The largest absolute Gasteiger partial charge is 0.461 e. The molecule has 4 heteroatoms. The Balaban J connectivity index is 0.00000165. The van der Waals surface area contributed by atoms with Crippen LogP contribution in [0.1, 0.15) is 112 Å². The van der Waals surface area contributed by atoms with Crippen LogP contribution in [-0.4, -0.2) is 23.0 Å². The minimum Gasteiger partial charge on any atom is -0.461 e. The summed E-state index contributed by atoms with van der Waals surface area (Å²) in [5, 5.41) is 10.9. The van der Waals surface area contributed by atoms with Crippen LogP contribution >= 0.6 is 0 Å². The van der Waals surface area contributed by atoms with Crippen LogP contribution < -0.4 is 0 Å². The van der Waals surface area contributed by atoms with Gasteiger partial charge in [-0.3, -0.25) is 9.59 Å². The van der Waals surface area contributed by atoms with Crippen LogP contribution in [0.2, 0.25) is 0 Å². The van der Waals surface area contributed by atoms with Crippen molar-refractivity contribution >= 4 is 11.8 Å². The van der Waals surface area contributed by atoms with Gasteiger partial charge in [0.15, 0.2) is 5.78 Å². The second-order valence-electron chi connectivity index (χ2n) is 15.3. The molecule has 5 aliphatic rings. The second-order valence-corrected chi connectivity index (χ2v) is 15.3. The van der Waals surface area contributed by atoms with Gasteiger partial charge in [-0.15, -0.1) is 0 Å². The van der Waals surface area contributed by atoms with Gasteiger partial charge in [0.1, 0.15) is 6.61 Å². The van der Waals surface area contributed by atoms with Gasteiger partial charge in [-0.2, -0.15) is 0 Å². The smallest absolute Gasteiger partial charge is 0.309 e. The topological polar surface area (TPSA) is 63.6 Å². The first-order valence-electron chi connectivity index (χ1n) is 16.5. The molecule has 0 aliphatic heterocycles. The fourth-order valence-electron chi connectivity index (χ4n) is 10.8. The minimum absolute atomic E-state index is 0.0175. The average molecular weight is 563 g/mol. The van der Waals surface area contributed by atoms with E-state index in [2.05, 4.69) is 40.7 Å². The zero-order valence-electron chi connectivity index (χ0n) is 26.7. The zero-order valence-corrected chi connectivity index (χ0v) is 26.7. The van der Waals surface area contributed by atoms with Crippen LogP contribution in [0.15, 0.2) is 42.0 Å². The Morgan fingerprint density at radius 3 is 2.24 bits per heavy atom. The van der Waals surface area contributed by atoms with Gasteiger partial charge in [-0.05, 0) is 109 Å². The molecule has 0 saturated heterocycles. The molecule has 0 heterocycles. The fraction of sp³-hybridized carbons (Fsp3) is 0.730. The number of ketones is 1. The molecule has 0 amide bonds. The summed E-state index contributed by atoms with van der Waals surface area (Å²) < 4.78 is 5.80. The molecular formula is C37H54O4. The molecule has 1 aromatic carbocycles. The molecule has 0 radical (unpaired) electrons. The van der Waals surface area contributed by atoms with E-state index in [0.717, 1.165) is 56.9 Å². The molecule has 9 unspecified atom stereocenters. The third-order valence-corrected chi connectivity index (χ3v) is 13.0. The summed E-state index contributed by atoms with van der Waals surface area (Å²) >= 11 is 0. The van der Waals surface area contributed by atoms with Gasteiger partial charge in [0.05, 0.1) is 12.0 Å². The van der Waals surface area contributed by atoms with Gasteiger partial charge >= 0.3 is 5.97 Å². The molecule has 4 fully saturated rings. The number of hydrogen-bond donors (Lipinski definition) is 1. The zero-order chi connectivity index (χ0) is 29.8. The monoisotopic (exact) mass is 562 g/mol. The summed E-state index contributed by atoms with van der Waals surface area (Å²) in [5.41, 5.74) is 2.23. The summed E-state index contributed by atoms with van der Waals surface area (Å²) in [6.45, 7) is 16.0. The van der Waals surface area contributed by atoms with Gasteiger partial charge in [0.25, 0.3) is 0 Å². The third-order valence-electron chi connectivity index (χ3n) is 13.0. The first-order valence-corrected chi connectivity index (χ1v) is 16.5. The highest BCUT2D eigenvalue weighted by Crippen LogP contribution is 2.70. The lowest BCUT2D eigenvalue weighted by atomic mass is 9.37. The summed E-state index contributed by atoms with van der Waals surface area (Å²) in [5.74, 6) is 1.20. The van der Waals surface area contributed by atoms with Crippen molar-refractivity contribution in [1.29, 1.82) is 0 Å². The normalized spacial score (nSPS) is 42.6. The van der Waals surface area contributed by atoms with Crippen molar-refractivity contribution in [3.8, 4) is 0 Å². The molecule has 4 nitrogen and oxygen atoms in total. The SMILES string of the molecule is CC.CC12CCC(C(=O)OCc3ccccc3)CC1C1=CC(=O)C3C(C)(CCC4C(C)(C)C(O)CCC43C)C1CC2. The van der Waals surface area contributed by atoms with Gasteiger partial charge in [-0.1, -0.05) is 84.4 Å². The van der Waals surface area contributed by atoms with Crippen molar-refractivity contribution in [2.45, 2.75) is 119 Å². The highest BCUT2D eigenvalue weighted by Gasteiger charge is 2.66. The van der Waals surface area contributed by atoms with Crippen LogP contribution in [0.3, 0.4) is 0 Å². The van der Waals surface area contributed by atoms with Crippen LogP contribution in [0, 0.1) is 51.2 Å². The molecule has 1 aromatic rings. The number of carbonyl (C=O) groups is 2. The number of allylic oxidation sites excluding steroid dienone is 2. The van der Waals surface area contributed by atoms with E-state index in [1.807, 2.05) is 44.2 Å². The molecule has 41 heavy (non-hydrogen) atoms. The number of carbonyl (C=O) groups excluding carboxylic acids is 2. The number of ether oxygens (including phenoxy) is 1. The number of aliphatic hydroxyl groups excluding tert-OH is 1. The Hall–Kier alpha value is -1.94. The van der Waals surface area contributed by atoms with E-state index >= 15 is 0 Å². The molecule has 0 aromatic heterocycles. The quantitative estimate of drug-likeness (QED) is 0.376. The van der Waals surface area contributed by atoms with E-state index in [-0.39, 0.29) is 51.5 Å². The van der Waals surface area contributed by atoms with Crippen molar-refractivity contribution in [1.82, 2.24) is 0 Å². The van der Waals surface area contributed by atoms with Crippen LogP contribution in [0.25, 0.3) is 0 Å². The maximum atomic E-state index is 14.3. The van der Waals surface area contributed by atoms with E-state index in [0.29, 0.717) is 24.2 Å². The van der Waals surface area contributed by atoms with Crippen LogP contribution in [0.4, 0.5) is 0 Å². The van der Waals surface area contributed by atoms with Crippen molar-refractivity contribution in [3.05, 3.63) is 47.5 Å². The lowest BCUT2D eigenvalue weighted by Gasteiger charge is -2.67. The number of rotatable bonds is 3. The summed E-state index contributed by atoms with van der Waals surface area (Å²) in [6.07, 6.45) is 10.7. The fourth-order valence-corrected chi connectivity index (χ4v) is 10.8. The molecule has 0 bridgehead atoms. The van der Waals surface area contributed by atoms with E-state index in [1.165, 1.54) is 12.0 Å². The summed E-state index contributed by atoms with van der Waals surface area (Å²) in [7, 11) is 0. The highest BCUT2D eigenvalue weighted by atomic mass is 16.5. The summed E-state index contributed by atoms with van der Waals surface area (Å²) in [4.78, 5) is 27.5. The molecule has 6 rings (SSSR count). The number of benzene rings is 1. The first kappa shape index (κ1) is 30.5. The molecule has 1 N–H and O–H groups in total. The lowest BCUT2D eigenvalue weighted by Crippen LogP contribution is -2.63. The van der Waals surface area contributed by atoms with E-state index in [9.17, 15) is 14.7 Å². The lowest BCUT2D eigenvalue weighted by molar-refractivity contribution is -0.188. The second kappa shape index (κ2) is 11.0. The first-order chi connectivity index (χ1) is 19.4. The number of fused-ring (bicyclic) bond motifs is 7. The molecule has 0 spiro atoms. The van der Waals surface area contributed by atoms with Crippen molar-refractivity contribution in [3.63, 3.8) is 0 Å². The maximum absolute atomic E-state index is 14.3. The third kappa shape index (κ3) is 4.85. The predicted octanol–water partition coefficient (Wildman–Crippen LogP) is 8.32. The van der Waals surface area contributed by atoms with E-state index in [1.54, 1.807) is 0 Å². The number of hydrogen-bond acceptors (Lipinski definition) is 4. The molecule has 9 atom stereocenters. The van der Waals surface area contributed by atoms with Crippen molar-refractivity contribution in [2.24, 2.45) is 51.2 Å². The van der Waals surface area contributed by atoms with Crippen LogP contribution in [0.5, 0.6) is 0 Å². The Labute approximate surface area is 248 Å². The Bertz CT molecular complexity index is 1170. The van der Waals surface area contributed by atoms with Gasteiger partial charge in [0.2, 0.25) is 0 Å². The van der Waals surface area contributed by atoms with E-state index in [4.69, 9.17) is 4.74 Å². The number of esters is 1. The number of aliphatic hydroxyl groups is 1. The Morgan fingerprint density at radius 1 is 0.878 bits per heavy atom. The highest BCUT2D eigenvalue weighted by molar-refractivity contribution is 5.95. The molecule has 5 aliphatic carbocycles. The van der Waals surface area contributed by atoms with Gasteiger partial charge in [0, 0.05) is 5.92 Å². The Morgan fingerprint density at radius 2 is 1.54 bits per heavy atom. The standard InChI is InChI=1S/C35H48O4.C2H6/c1-32(2)28-13-17-34(4)25-12-16-33(3)15-11-23(31(38)39-21-22-9-7-6-8-10-22)19-26(33)24(25)20-27(36)30(34)35(28,5)18-14-29(32)37;1-2/h6-10,20,23,25-26,28-30,37H,11-19,21H2,1-5H3;1-2H3. The Kier molecular flexibility index (Phi) is 8.16. The summed E-state index contributed by atoms with van der Waals surface area (Å²) in [6, 6.07) is 9.92. The molecule has 4 saturated carbocycles. The maximum Gasteiger partial charge on any atom is 0.309 e. The van der Waals surface area contributed by atoms with Gasteiger partial charge < -0.3 is 9.84 Å². The molecule has 226 valence electrons. The van der Waals surface area contributed by atoms with Gasteiger partial charge in [-0.25, -0.2) is 0 Å². The predicted molar refractivity (Wildman–Crippen MR) is 164 cm³/mol. The van der Waals surface area contributed by atoms with E-state index < -0.39 is 0 Å².